The van der Waals surface area contributed by atoms with E-state index in [0.29, 0.717) is 5.92 Å². The zero-order valence-electron chi connectivity index (χ0n) is 12.9. The van der Waals surface area contributed by atoms with Gasteiger partial charge in [-0.15, -0.1) is 0 Å². The summed E-state index contributed by atoms with van der Waals surface area (Å²) < 4.78 is 0. The van der Waals surface area contributed by atoms with Gasteiger partial charge in [0.1, 0.15) is 0 Å². The number of hydrogen-bond donors (Lipinski definition) is 2. The summed E-state index contributed by atoms with van der Waals surface area (Å²) in [6.45, 7) is 10.9. The minimum absolute atomic E-state index is 0.125. The Bertz CT molecular complexity index is 352. The molecule has 108 valence electrons. The minimum atomic E-state index is 0.125. The number of rotatable bonds is 8. The molecule has 0 heterocycles. The predicted molar refractivity (Wildman–Crippen MR) is 82.6 cm³/mol. The summed E-state index contributed by atoms with van der Waals surface area (Å²) in [5.74, 6) is 0.373. The maximum Gasteiger partial charge on any atom is 0.0471 e. The zero-order valence-corrected chi connectivity index (χ0v) is 12.9. The quantitative estimate of drug-likeness (QED) is 0.755. The van der Waals surface area contributed by atoms with E-state index >= 15 is 0 Å². The highest BCUT2D eigenvalue weighted by Crippen LogP contribution is 2.22. The number of hydrogen-bond acceptors (Lipinski definition) is 2. The minimum Gasteiger partial charge on any atom is -0.396 e. The maximum absolute atomic E-state index is 9.19. The van der Waals surface area contributed by atoms with Crippen LogP contribution in [0.1, 0.15) is 45.2 Å². The molecule has 0 radical (unpaired) electrons. The van der Waals surface area contributed by atoms with Gasteiger partial charge in [-0.25, -0.2) is 0 Å². The van der Waals surface area contributed by atoms with E-state index < -0.39 is 0 Å². The third-order valence-corrected chi connectivity index (χ3v) is 3.98. The van der Waals surface area contributed by atoms with Crippen molar-refractivity contribution in [3.8, 4) is 0 Å². The fourth-order valence-corrected chi connectivity index (χ4v) is 2.22. The Morgan fingerprint density at radius 3 is 2.26 bits per heavy atom. The predicted octanol–water partition coefficient (Wildman–Crippen LogP) is 3.13. The molecular formula is C17H29NO. The monoisotopic (exact) mass is 263 g/mol. The molecular weight excluding hydrogens is 234 g/mol. The van der Waals surface area contributed by atoms with Crippen molar-refractivity contribution in [1.29, 1.82) is 0 Å². The molecule has 0 saturated heterocycles. The number of benzene rings is 1. The molecule has 0 bridgehead atoms. The first-order valence-electron chi connectivity index (χ1n) is 7.44. The fourth-order valence-electron chi connectivity index (χ4n) is 2.22. The molecule has 0 fully saturated rings. The summed E-state index contributed by atoms with van der Waals surface area (Å²) in [6, 6.07) is 8.92. The molecule has 2 nitrogen and oxygen atoms in total. The van der Waals surface area contributed by atoms with Crippen LogP contribution in [0, 0.1) is 5.92 Å². The molecule has 0 aromatic heterocycles. The van der Waals surface area contributed by atoms with Gasteiger partial charge in [-0.3, -0.25) is 0 Å². The van der Waals surface area contributed by atoms with Crippen LogP contribution in [0.2, 0.25) is 0 Å². The summed E-state index contributed by atoms with van der Waals surface area (Å²) >= 11 is 0. The molecule has 1 rings (SSSR count). The van der Waals surface area contributed by atoms with Crippen molar-refractivity contribution in [2.24, 2.45) is 5.92 Å². The summed E-state index contributed by atoms with van der Waals surface area (Å²) in [5.41, 5.74) is 2.88. The van der Waals surface area contributed by atoms with Gasteiger partial charge in [0.25, 0.3) is 0 Å². The lowest BCUT2D eigenvalue weighted by Gasteiger charge is -2.27. The van der Waals surface area contributed by atoms with E-state index in [2.05, 4.69) is 57.3 Å². The standard InChI is InChI=1S/C17H29NO/c1-5-14-7-9-16(10-8-14)17(3,4)13-18-11-15(6-2)12-19/h7-10,15,18-19H,5-6,11-13H2,1-4H3. The van der Waals surface area contributed by atoms with Crippen molar-refractivity contribution in [2.45, 2.75) is 46.0 Å². The highest BCUT2D eigenvalue weighted by Gasteiger charge is 2.20. The molecule has 1 atom stereocenters. The van der Waals surface area contributed by atoms with Crippen molar-refractivity contribution in [1.82, 2.24) is 5.32 Å². The Labute approximate surface area is 118 Å². The van der Waals surface area contributed by atoms with Gasteiger partial charge in [0.15, 0.2) is 0 Å². The average Bonchev–Trinajstić information content (AvgIpc) is 2.43. The van der Waals surface area contributed by atoms with Crippen LogP contribution in [0.3, 0.4) is 0 Å². The second-order valence-corrected chi connectivity index (χ2v) is 6.02. The van der Waals surface area contributed by atoms with Gasteiger partial charge in [0, 0.05) is 25.1 Å². The number of aliphatic hydroxyl groups excluding tert-OH is 1. The van der Waals surface area contributed by atoms with Gasteiger partial charge in [-0.1, -0.05) is 52.0 Å². The molecule has 0 spiro atoms. The number of nitrogens with one attached hydrogen (secondary N) is 1. The van der Waals surface area contributed by atoms with Crippen LogP contribution in [0.4, 0.5) is 0 Å². The van der Waals surface area contributed by atoms with Crippen LogP contribution in [-0.4, -0.2) is 24.8 Å². The van der Waals surface area contributed by atoms with Crippen LogP contribution < -0.4 is 5.32 Å². The van der Waals surface area contributed by atoms with E-state index in [1.54, 1.807) is 0 Å². The maximum atomic E-state index is 9.19. The van der Waals surface area contributed by atoms with Crippen LogP contribution >= 0.6 is 0 Å². The summed E-state index contributed by atoms with van der Waals surface area (Å²) in [5, 5.41) is 12.7. The fraction of sp³-hybridized carbons (Fsp3) is 0.647. The second kappa shape index (κ2) is 7.66. The molecule has 0 saturated carbocycles. The van der Waals surface area contributed by atoms with Crippen molar-refractivity contribution in [3.63, 3.8) is 0 Å². The van der Waals surface area contributed by atoms with Gasteiger partial charge in [0.05, 0.1) is 0 Å². The molecule has 2 N–H and O–H groups in total. The molecule has 0 aliphatic rings. The van der Waals surface area contributed by atoms with Gasteiger partial charge < -0.3 is 10.4 Å². The average molecular weight is 263 g/mol. The lowest BCUT2D eigenvalue weighted by Crippen LogP contribution is -2.36. The van der Waals surface area contributed by atoms with E-state index in [-0.39, 0.29) is 12.0 Å². The highest BCUT2D eigenvalue weighted by molar-refractivity contribution is 5.28. The molecule has 2 heteroatoms. The molecule has 1 unspecified atom stereocenters. The normalized spacial score (nSPS) is 13.5. The van der Waals surface area contributed by atoms with Crippen LogP contribution in [-0.2, 0) is 11.8 Å². The molecule has 1 aromatic rings. The lowest BCUT2D eigenvalue weighted by atomic mass is 9.84. The first-order valence-corrected chi connectivity index (χ1v) is 7.44. The molecule has 0 aliphatic carbocycles. The van der Waals surface area contributed by atoms with Crippen molar-refractivity contribution < 1.29 is 5.11 Å². The Balaban J connectivity index is 2.54. The Morgan fingerprint density at radius 1 is 1.16 bits per heavy atom. The van der Waals surface area contributed by atoms with Crippen molar-refractivity contribution in [2.75, 3.05) is 19.7 Å². The summed E-state index contributed by atoms with van der Waals surface area (Å²) in [4.78, 5) is 0. The van der Waals surface area contributed by atoms with Gasteiger partial charge in [-0.05, 0) is 29.9 Å². The molecule has 0 amide bonds. The van der Waals surface area contributed by atoms with Gasteiger partial charge >= 0.3 is 0 Å². The van der Waals surface area contributed by atoms with E-state index in [1.807, 2.05) is 0 Å². The smallest absolute Gasteiger partial charge is 0.0471 e. The molecule has 0 aliphatic heterocycles. The van der Waals surface area contributed by atoms with Gasteiger partial charge in [0.2, 0.25) is 0 Å². The zero-order chi connectivity index (χ0) is 14.3. The topological polar surface area (TPSA) is 32.3 Å². The van der Waals surface area contributed by atoms with E-state index in [0.717, 1.165) is 25.9 Å². The SMILES string of the molecule is CCc1ccc(C(C)(C)CNCC(CC)CO)cc1. The summed E-state index contributed by atoms with van der Waals surface area (Å²) in [7, 11) is 0. The Morgan fingerprint density at radius 2 is 1.79 bits per heavy atom. The Kier molecular flexibility index (Phi) is 6.53. The van der Waals surface area contributed by atoms with Gasteiger partial charge in [-0.2, -0.15) is 0 Å². The summed E-state index contributed by atoms with van der Waals surface area (Å²) in [6.07, 6.45) is 2.11. The van der Waals surface area contributed by atoms with Crippen LogP contribution in [0.25, 0.3) is 0 Å². The van der Waals surface area contributed by atoms with E-state index in [9.17, 15) is 5.11 Å². The Hall–Kier alpha value is -0.860. The van der Waals surface area contributed by atoms with Crippen molar-refractivity contribution >= 4 is 0 Å². The van der Waals surface area contributed by atoms with E-state index in [4.69, 9.17) is 0 Å². The highest BCUT2D eigenvalue weighted by atomic mass is 16.3. The third-order valence-electron chi connectivity index (χ3n) is 3.98. The number of aliphatic hydroxyl groups is 1. The molecule has 19 heavy (non-hydrogen) atoms. The van der Waals surface area contributed by atoms with Crippen molar-refractivity contribution in [3.05, 3.63) is 35.4 Å². The van der Waals surface area contributed by atoms with Crippen LogP contribution in [0.5, 0.6) is 0 Å². The number of aryl methyl sites for hydroxylation is 1. The molecule has 1 aromatic carbocycles. The first kappa shape index (κ1) is 16.2. The lowest BCUT2D eigenvalue weighted by molar-refractivity contribution is 0.216. The second-order valence-electron chi connectivity index (χ2n) is 6.02. The largest absolute Gasteiger partial charge is 0.396 e. The third kappa shape index (κ3) is 4.96. The first-order chi connectivity index (χ1) is 9.03. The van der Waals surface area contributed by atoms with Crippen LogP contribution in [0.15, 0.2) is 24.3 Å². The van der Waals surface area contributed by atoms with E-state index in [1.165, 1.54) is 11.1 Å².